The summed E-state index contributed by atoms with van der Waals surface area (Å²) in [6, 6.07) is 9.79. The molecule has 1 amide bonds. The minimum Gasteiger partial charge on any atom is -0.388 e. The fourth-order valence-corrected chi connectivity index (χ4v) is 3.88. The third-order valence-corrected chi connectivity index (χ3v) is 6.18. The van der Waals surface area contributed by atoms with Crippen LogP contribution in [0.2, 0.25) is 0 Å². The topological polar surface area (TPSA) is 105 Å². The third-order valence-electron chi connectivity index (χ3n) is 6.18. The molecule has 3 aromatic rings. The largest absolute Gasteiger partial charge is 0.388 e. The Hall–Kier alpha value is -3.00. The molecular formula is C23H30N6O2. The van der Waals surface area contributed by atoms with Gasteiger partial charge in [-0.15, -0.1) is 0 Å². The lowest BCUT2D eigenvalue weighted by Crippen LogP contribution is -2.49. The first-order valence-corrected chi connectivity index (χ1v) is 10.9. The number of aromatic nitrogens is 4. The fourth-order valence-electron chi connectivity index (χ4n) is 3.88. The van der Waals surface area contributed by atoms with Crippen LogP contribution in [0, 0.1) is 5.92 Å². The highest BCUT2D eigenvalue weighted by Crippen LogP contribution is 2.27. The van der Waals surface area contributed by atoms with Gasteiger partial charge in [0.05, 0.1) is 23.4 Å². The summed E-state index contributed by atoms with van der Waals surface area (Å²) in [6.45, 7) is 5.25. The summed E-state index contributed by atoms with van der Waals surface area (Å²) in [4.78, 5) is 21.6. The summed E-state index contributed by atoms with van der Waals surface area (Å²) in [5.41, 5.74) is 0.0652. The summed E-state index contributed by atoms with van der Waals surface area (Å²) in [5.74, 6) is 1.29. The van der Waals surface area contributed by atoms with Crippen molar-refractivity contribution in [3.63, 3.8) is 0 Å². The van der Waals surface area contributed by atoms with Crippen molar-refractivity contribution in [2.45, 2.75) is 64.1 Å². The Kier molecular flexibility index (Phi) is 5.91. The molecule has 1 aromatic carbocycles. The number of rotatable bonds is 6. The van der Waals surface area contributed by atoms with Crippen molar-refractivity contribution in [3.8, 4) is 5.82 Å². The number of amides is 1. The molecule has 8 nitrogen and oxygen atoms in total. The van der Waals surface area contributed by atoms with Crippen molar-refractivity contribution in [3.05, 3.63) is 42.7 Å². The molecule has 8 heteroatoms. The number of nitrogens with one attached hydrogen (secondary N) is 2. The summed E-state index contributed by atoms with van der Waals surface area (Å²) in [5, 5.41) is 21.9. The summed E-state index contributed by atoms with van der Waals surface area (Å²) in [6.07, 6.45) is 6.89. The fraction of sp³-hybridized carbons (Fsp3) is 0.478. The Bertz CT molecular complexity index is 1050. The number of benzene rings is 1. The van der Waals surface area contributed by atoms with Gasteiger partial charge in [-0.05, 0) is 52.5 Å². The zero-order valence-corrected chi connectivity index (χ0v) is 18.2. The molecule has 4 rings (SSSR count). The van der Waals surface area contributed by atoms with E-state index in [0.29, 0.717) is 11.8 Å². The van der Waals surface area contributed by atoms with E-state index < -0.39 is 5.60 Å². The number of anilines is 1. The molecule has 164 valence electrons. The minimum absolute atomic E-state index is 0.0226. The van der Waals surface area contributed by atoms with Gasteiger partial charge in [0.25, 0.3) is 0 Å². The predicted molar refractivity (Wildman–Crippen MR) is 120 cm³/mol. The van der Waals surface area contributed by atoms with Gasteiger partial charge in [-0.3, -0.25) is 4.79 Å². The Morgan fingerprint density at radius 3 is 2.68 bits per heavy atom. The van der Waals surface area contributed by atoms with Crippen molar-refractivity contribution in [2.75, 3.05) is 5.32 Å². The summed E-state index contributed by atoms with van der Waals surface area (Å²) < 4.78 is 1.81. The zero-order chi connectivity index (χ0) is 22.0. The number of nitrogens with zero attached hydrogens (tertiary/aromatic N) is 4. The van der Waals surface area contributed by atoms with Crippen LogP contribution in [0.25, 0.3) is 16.7 Å². The van der Waals surface area contributed by atoms with E-state index in [4.69, 9.17) is 0 Å². The van der Waals surface area contributed by atoms with Crippen molar-refractivity contribution in [1.29, 1.82) is 0 Å². The SMILES string of the molecule is C[C@H](NC(=O)[C@H]1CC[C@H](Nc2nccc(-n3ncc4ccccc43)n2)CC1)C(C)(C)O. The average molecular weight is 423 g/mol. The second-order valence-corrected chi connectivity index (χ2v) is 8.93. The van der Waals surface area contributed by atoms with Crippen LogP contribution < -0.4 is 10.6 Å². The predicted octanol–water partition coefficient (Wildman–Crippen LogP) is 3.06. The van der Waals surface area contributed by atoms with Gasteiger partial charge in [-0.1, -0.05) is 18.2 Å². The molecule has 0 saturated heterocycles. The number of fused-ring (bicyclic) bond motifs is 1. The molecule has 1 saturated carbocycles. The van der Waals surface area contributed by atoms with Crippen molar-refractivity contribution >= 4 is 22.8 Å². The van der Waals surface area contributed by atoms with E-state index in [-0.39, 0.29) is 23.9 Å². The summed E-state index contributed by atoms with van der Waals surface area (Å²) >= 11 is 0. The minimum atomic E-state index is -0.934. The molecule has 1 aliphatic carbocycles. The molecular weight excluding hydrogens is 392 g/mol. The van der Waals surface area contributed by atoms with Gasteiger partial charge in [-0.2, -0.15) is 10.1 Å². The number of hydrogen-bond donors (Lipinski definition) is 3. The van der Waals surface area contributed by atoms with Crippen LogP contribution in [-0.2, 0) is 4.79 Å². The first kappa shape index (κ1) is 21.2. The van der Waals surface area contributed by atoms with Gasteiger partial charge < -0.3 is 15.7 Å². The normalized spacial score (nSPS) is 20.4. The molecule has 0 spiro atoms. The van der Waals surface area contributed by atoms with Crippen molar-refractivity contribution in [1.82, 2.24) is 25.1 Å². The number of aliphatic hydroxyl groups is 1. The molecule has 1 atom stereocenters. The second kappa shape index (κ2) is 8.63. The molecule has 0 aliphatic heterocycles. The van der Waals surface area contributed by atoms with Gasteiger partial charge in [0.2, 0.25) is 11.9 Å². The van der Waals surface area contributed by atoms with Crippen LogP contribution in [0.3, 0.4) is 0 Å². The smallest absolute Gasteiger partial charge is 0.224 e. The highest BCUT2D eigenvalue weighted by molar-refractivity contribution is 5.80. The molecule has 1 aliphatic rings. The second-order valence-electron chi connectivity index (χ2n) is 8.93. The van der Waals surface area contributed by atoms with Gasteiger partial charge in [0, 0.05) is 29.6 Å². The lowest BCUT2D eigenvalue weighted by molar-refractivity contribution is -0.128. The highest BCUT2D eigenvalue weighted by atomic mass is 16.3. The number of carbonyl (C=O) groups excluding carboxylic acids is 1. The van der Waals surface area contributed by atoms with Crippen LogP contribution in [0.4, 0.5) is 5.95 Å². The van der Waals surface area contributed by atoms with Gasteiger partial charge in [0.1, 0.15) is 0 Å². The molecule has 0 bridgehead atoms. The first-order valence-electron chi connectivity index (χ1n) is 10.9. The molecule has 3 N–H and O–H groups in total. The van der Waals surface area contributed by atoms with Gasteiger partial charge in [-0.25, -0.2) is 9.67 Å². The van der Waals surface area contributed by atoms with Crippen LogP contribution in [0.15, 0.2) is 42.7 Å². The third kappa shape index (κ3) is 4.85. The number of hydrogen-bond acceptors (Lipinski definition) is 6. The Morgan fingerprint density at radius 2 is 1.94 bits per heavy atom. The highest BCUT2D eigenvalue weighted by Gasteiger charge is 2.30. The monoisotopic (exact) mass is 422 g/mol. The first-order chi connectivity index (χ1) is 14.8. The lowest BCUT2D eigenvalue weighted by atomic mass is 9.85. The van der Waals surface area contributed by atoms with Gasteiger partial charge >= 0.3 is 0 Å². The van der Waals surface area contributed by atoms with Crippen molar-refractivity contribution in [2.24, 2.45) is 5.92 Å². The molecule has 2 heterocycles. The Labute approximate surface area is 182 Å². The quantitative estimate of drug-likeness (QED) is 0.564. The molecule has 1 fully saturated rings. The number of carbonyl (C=O) groups is 1. The van der Waals surface area contributed by atoms with E-state index in [2.05, 4.69) is 25.7 Å². The maximum atomic E-state index is 12.5. The van der Waals surface area contributed by atoms with E-state index in [0.717, 1.165) is 36.6 Å². The van der Waals surface area contributed by atoms with Crippen molar-refractivity contribution < 1.29 is 9.90 Å². The maximum absolute atomic E-state index is 12.5. The average Bonchev–Trinajstić information content (AvgIpc) is 3.18. The van der Waals surface area contributed by atoms with Gasteiger partial charge in [0.15, 0.2) is 5.82 Å². The van der Waals surface area contributed by atoms with E-state index in [9.17, 15) is 9.90 Å². The van der Waals surface area contributed by atoms with Crippen LogP contribution >= 0.6 is 0 Å². The standard InChI is InChI=1S/C23H30N6O2/c1-15(23(2,3)31)26-21(30)16-8-10-18(11-9-16)27-22-24-13-12-20(28-22)29-19-7-5-4-6-17(19)14-25-29/h4-7,12-16,18,31H,8-11H2,1-3H3,(H,26,30)(H,24,27,28)/t15-,16-,18-/m0/s1. The Balaban J connectivity index is 1.36. The van der Waals surface area contributed by atoms with E-state index >= 15 is 0 Å². The van der Waals surface area contributed by atoms with Crippen LogP contribution in [-0.4, -0.2) is 48.4 Å². The molecule has 0 unspecified atom stereocenters. The zero-order valence-electron chi connectivity index (χ0n) is 18.2. The van der Waals surface area contributed by atoms with E-state index in [1.807, 2.05) is 48.1 Å². The molecule has 2 aromatic heterocycles. The molecule has 31 heavy (non-hydrogen) atoms. The number of para-hydroxylation sites is 1. The van der Waals surface area contributed by atoms with E-state index in [1.54, 1.807) is 20.0 Å². The Morgan fingerprint density at radius 1 is 1.19 bits per heavy atom. The van der Waals surface area contributed by atoms with Crippen LogP contribution in [0.1, 0.15) is 46.5 Å². The molecule has 0 radical (unpaired) electrons. The van der Waals surface area contributed by atoms with E-state index in [1.165, 1.54) is 0 Å². The lowest BCUT2D eigenvalue weighted by Gasteiger charge is -2.32. The summed E-state index contributed by atoms with van der Waals surface area (Å²) in [7, 11) is 0. The maximum Gasteiger partial charge on any atom is 0.224 e. The van der Waals surface area contributed by atoms with Crippen LogP contribution in [0.5, 0.6) is 0 Å².